The molecule has 0 atom stereocenters. The normalized spacial score (nSPS) is 14.1. The number of hydrogen-bond donors (Lipinski definition) is 0. The van der Waals surface area contributed by atoms with Crippen LogP contribution < -0.4 is 0 Å². The SMILES string of the molecule is ClC=C(Cl)C(Cl)(Cl)CCl. The summed E-state index contributed by atoms with van der Waals surface area (Å²) in [4.78, 5) is 0. The summed E-state index contributed by atoms with van der Waals surface area (Å²) in [7, 11) is 0. The molecule has 0 fully saturated rings. The molecule has 0 saturated heterocycles. The van der Waals surface area contributed by atoms with Crippen molar-refractivity contribution >= 4 is 58.0 Å². The Hall–Kier alpha value is 1.19. The minimum atomic E-state index is -1.25. The van der Waals surface area contributed by atoms with Gasteiger partial charge in [-0.25, -0.2) is 0 Å². The molecule has 0 aliphatic carbocycles. The molecule has 0 aliphatic heterocycles. The Labute approximate surface area is 78.7 Å². The maximum Gasteiger partial charge on any atom is 0.167 e. The summed E-state index contributed by atoms with van der Waals surface area (Å²) in [5, 5.41) is 0.127. The second-order valence-corrected chi connectivity index (χ2v) is 3.67. The first kappa shape index (κ1) is 10.2. The Morgan fingerprint density at radius 2 is 1.89 bits per heavy atom. The molecule has 0 rings (SSSR count). The van der Waals surface area contributed by atoms with Gasteiger partial charge in [-0.15, -0.1) is 11.6 Å². The predicted molar refractivity (Wildman–Crippen MR) is 44.9 cm³/mol. The summed E-state index contributed by atoms with van der Waals surface area (Å²) in [5.41, 5.74) is 1.09. The number of allylic oxidation sites excluding steroid dienone is 1. The molecular weight excluding hydrogens is 225 g/mol. The van der Waals surface area contributed by atoms with Crippen molar-refractivity contribution in [3.63, 3.8) is 0 Å². The highest BCUT2D eigenvalue weighted by Gasteiger charge is 2.26. The number of alkyl halides is 3. The molecule has 0 aliphatic rings. The molecule has 0 N–H and O–H groups in total. The number of halogens is 5. The van der Waals surface area contributed by atoms with E-state index in [9.17, 15) is 0 Å². The van der Waals surface area contributed by atoms with Gasteiger partial charge in [-0.3, -0.25) is 0 Å². The Morgan fingerprint density at radius 1 is 1.44 bits per heavy atom. The molecule has 0 nitrogen and oxygen atoms in total. The van der Waals surface area contributed by atoms with Crippen molar-refractivity contribution < 1.29 is 0 Å². The van der Waals surface area contributed by atoms with E-state index < -0.39 is 4.33 Å². The Kier molecular flexibility index (Phi) is 4.70. The van der Waals surface area contributed by atoms with Gasteiger partial charge in [0.15, 0.2) is 4.33 Å². The molecule has 0 saturated carbocycles. The molecule has 9 heavy (non-hydrogen) atoms. The van der Waals surface area contributed by atoms with Crippen molar-refractivity contribution in [3.8, 4) is 0 Å². The lowest BCUT2D eigenvalue weighted by atomic mass is 10.4. The van der Waals surface area contributed by atoms with Crippen LogP contribution in [0, 0.1) is 0 Å². The van der Waals surface area contributed by atoms with Gasteiger partial charge in [0.1, 0.15) is 0 Å². The maximum absolute atomic E-state index is 5.52. The summed E-state index contributed by atoms with van der Waals surface area (Å²) in [6.07, 6.45) is 0. The molecule has 0 unspecified atom stereocenters. The van der Waals surface area contributed by atoms with E-state index in [0.717, 1.165) is 5.54 Å². The second-order valence-electron chi connectivity index (χ2n) is 1.30. The summed E-state index contributed by atoms with van der Waals surface area (Å²) in [6.45, 7) is 0. The molecule has 5 heteroatoms. The van der Waals surface area contributed by atoms with Gasteiger partial charge in [-0.05, 0) is 0 Å². The van der Waals surface area contributed by atoms with Gasteiger partial charge in [0.2, 0.25) is 0 Å². The van der Waals surface area contributed by atoms with Gasteiger partial charge in [0.25, 0.3) is 0 Å². The first-order valence-electron chi connectivity index (χ1n) is 1.94. The van der Waals surface area contributed by atoms with Crippen LogP contribution in [0.3, 0.4) is 0 Å². The third kappa shape index (κ3) is 3.20. The highest BCUT2D eigenvalue weighted by molar-refractivity contribution is 6.59. The van der Waals surface area contributed by atoms with E-state index in [4.69, 9.17) is 58.0 Å². The van der Waals surface area contributed by atoms with Crippen molar-refractivity contribution in [2.45, 2.75) is 4.33 Å². The highest BCUT2D eigenvalue weighted by atomic mass is 35.5. The molecule has 0 amide bonds. The largest absolute Gasteiger partial charge is 0.167 e. The van der Waals surface area contributed by atoms with Gasteiger partial charge < -0.3 is 0 Å². The Bertz CT molecular complexity index is 116. The van der Waals surface area contributed by atoms with Crippen molar-refractivity contribution in [1.29, 1.82) is 0 Å². The van der Waals surface area contributed by atoms with Crippen molar-refractivity contribution in [2.24, 2.45) is 0 Å². The third-order valence-corrected chi connectivity index (χ3v) is 2.92. The molecule has 0 aromatic carbocycles. The summed E-state index contributed by atoms with van der Waals surface area (Å²) < 4.78 is -1.25. The monoisotopic (exact) mass is 226 g/mol. The average Bonchev–Trinajstić information content (AvgIpc) is 1.86. The van der Waals surface area contributed by atoms with E-state index in [1.165, 1.54) is 0 Å². The molecule has 0 bridgehead atoms. The van der Waals surface area contributed by atoms with Crippen molar-refractivity contribution in [2.75, 3.05) is 5.88 Å². The maximum atomic E-state index is 5.52. The van der Waals surface area contributed by atoms with Crippen LogP contribution in [0.15, 0.2) is 10.6 Å². The van der Waals surface area contributed by atoms with Crippen LogP contribution in [0.5, 0.6) is 0 Å². The predicted octanol–water partition coefficient (Wildman–Crippen LogP) is 3.72. The summed E-state index contributed by atoms with van der Waals surface area (Å²) in [5.74, 6) is 0.0121. The van der Waals surface area contributed by atoms with Crippen LogP contribution in [0.1, 0.15) is 0 Å². The van der Waals surface area contributed by atoms with E-state index in [-0.39, 0.29) is 10.9 Å². The van der Waals surface area contributed by atoms with Gasteiger partial charge in [0.05, 0.1) is 10.9 Å². The standard InChI is InChI=1S/C4H3Cl5/c5-1-3(7)4(8,9)2-6/h1H,2H2. The van der Waals surface area contributed by atoms with Crippen LogP contribution in [-0.4, -0.2) is 10.2 Å². The Balaban J connectivity index is 4.14. The van der Waals surface area contributed by atoms with Crippen LogP contribution in [0.4, 0.5) is 0 Å². The Morgan fingerprint density at radius 3 is 2.00 bits per heavy atom. The van der Waals surface area contributed by atoms with Crippen molar-refractivity contribution in [1.82, 2.24) is 0 Å². The van der Waals surface area contributed by atoms with E-state index in [0.29, 0.717) is 0 Å². The first-order valence-corrected chi connectivity index (χ1v) is 4.05. The second kappa shape index (κ2) is 4.15. The summed E-state index contributed by atoms with van der Waals surface area (Å²) >= 11 is 27.0. The lowest BCUT2D eigenvalue weighted by Crippen LogP contribution is -2.14. The topological polar surface area (TPSA) is 0 Å². The third-order valence-electron chi connectivity index (χ3n) is 0.613. The van der Waals surface area contributed by atoms with E-state index >= 15 is 0 Å². The average molecular weight is 228 g/mol. The van der Waals surface area contributed by atoms with Crippen LogP contribution in [0.25, 0.3) is 0 Å². The molecule has 0 spiro atoms. The molecule has 54 valence electrons. The lowest BCUT2D eigenvalue weighted by Gasteiger charge is -2.12. The van der Waals surface area contributed by atoms with E-state index in [1.54, 1.807) is 0 Å². The zero-order valence-corrected chi connectivity index (χ0v) is 7.95. The molecule has 0 aromatic rings. The van der Waals surface area contributed by atoms with Gasteiger partial charge in [0, 0.05) is 5.54 Å². The molecule has 0 aromatic heterocycles. The van der Waals surface area contributed by atoms with E-state index in [2.05, 4.69) is 0 Å². The fraction of sp³-hybridized carbons (Fsp3) is 0.500. The highest BCUT2D eigenvalue weighted by Crippen LogP contribution is 2.34. The fourth-order valence-corrected chi connectivity index (χ4v) is 0.830. The number of hydrogen-bond acceptors (Lipinski definition) is 0. The van der Waals surface area contributed by atoms with Crippen LogP contribution in [-0.2, 0) is 0 Å². The minimum Gasteiger partial charge on any atom is -0.123 e. The molecule has 0 heterocycles. The number of rotatable bonds is 2. The summed E-state index contributed by atoms with van der Waals surface area (Å²) in [6, 6.07) is 0. The van der Waals surface area contributed by atoms with E-state index in [1.807, 2.05) is 0 Å². The van der Waals surface area contributed by atoms with Gasteiger partial charge in [-0.1, -0.05) is 46.4 Å². The van der Waals surface area contributed by atoms with Crippen LogP contribution in [0.2, 0.25) is 0 Å². The zero-order valence-electron chi connectivity index (χ0n) is 4.17. The van der Waals surface area contributed by atoms with Gasteiger partial charge >= 0.3 is 0 Å². The molecule has 0 radical (unpaired) electrons. The van der Waals surface area contributed by atoms with Gasteiger partial charge in [-0.2, -0.15) is 0 Å². The zero-order chi connectivity index (χ0) is 7.49. The van der Waals surface area contributed by atoms with Crippen molar-refractivity contribution in [3.05, 3.63) is 10.6 Å². The quantitative estimate of drug-likeness (QED) is 0.632. The first-order chi connectivity index (χ1) is 4.04. The minimum absolute atomic E-state index is 0.0121. The van der Waals surface area contributed by atoms with Crippen LogP contribution >= 0.6 is 58.0 Å². The lowest BCUT2D eigenvalue weighted by molar-refractivity contribution is 1.11. The molecular formula is C4H3Cl5. The smallest absolute Gasteiger partial charge is 0.123 e. The fourth-order valence-electron chi connectivity index (χ4n) is 0.144.